The number of thiazole rings is 1. The third kappa shape index (κ3) is 2.71. The molecule has 0 spiro atoms. The Morgan fingerprint density at radius 1 is 1.45 bits per heavy atom. The first-order valence-corrected chi connectivity index (χ1v) is 8.22. The van der Waals surface area contributed by atoms with Gasteiger partial charge >= 0.3 is 0 Å². The number of benzene rings is 1. The van der Waals surface area contributed by atoms with E-state index in [1.54, 1.807) is 5.38 Å². The number of carbonyl (C=O) groups is 1. The Kier molecular flexibility index (Phi) is 4.13. The van der Waals surface area contributed by atoms with E-state index in [1.807, 2.05) is 17.0 Å². The first-order valence-electron chi connectivity index (χ1n) is 7.34. The number of para-hydroxylation sites is 1. The molecule has 5 nitrogen and oxygen atoms in total. The Morgan fingerprint density at radius 2 is 2.23 bits per heavy atom. The molecule has 2 heterocycles. The summed E-state index contributed by atoms with van der Waals surface area (Å²) in [6.07, 6.45) is 0. The molecule has 3 rings (SSSR count). The van der Waals surface area contributed by atoms with Crippen molar-refractivity contribution in [3.8, 4) is 0 Å². The Morgan fingerprint density at radius 3 is 2.95 bits per heavy atom. The Labute approximate surface area is 134 Å². The van der Waals surface area contributed by atoms with E-state index >= 15 is 0 Å². The molecule has 0 aliphatic carbocycles. The standard InChI is InChI=1S/C16H20N4OS/c1-11-8-19(2)14-6-4-3-5-12(14)9-20(11)16(21)13-10-22-15(7-17)18-13/h3-6,10-11H,7-9,17H2,1-2H3/t11-/m0/s1. The molecule has 2 N–H and O–H groups in total. The number of amides is 1. The van der Waals surface area contributed by atoms with Gasteiger partial charge in [-0.3, -0.25) is 4.79 Å². The predicted molar refractivity (Wildman–Crippen MR) is 89.1 cm³/mol. The van der Waals surface area contributed by atoms with Crippen LogP contribution in [-0.2, 0) is 13.1 Å². The van der Waals surface area contributed by atoms with Crippen LogP contribution in [0.25, 0.3) is 0 Å². The number of rotatable bonds is 2. The van der Waals surface area contributed by atoms with Crippen molar-refractivity contribution in [2.24, 2.45) is 5.73 Å². The summed E-state index contributed by atoms with van der Waals surface area (Å²) in [5.74, 6) is -0.0199. The minimum atomic E-state index is -0.0199. The highest BCUT2D eigenvalue weighted by molar-refractivity contribution is 7.09. The van der Waals surface area contributed by atoms with Crippen molar-refractivity contribution < 1.29 is 4.79 Å². The zero-order valence-electron chi connectivity index (χ0n) is 12.8. The van der Waals surface area contributed by atoms with Gasteiger partial charge < -0.3 is 15.5 Å². The maximum absolute atomic E-state index is 12.8. The van der Waals surface area contributed by atoms with E-state index in [0.717, 1.165) is 17.1 Å². The fraction of sp³-hybridized carbons (Fsp3) is 0.375. The first-order chi connectivity index (χ1) is 10.6. The van der Waals surface area contributed by atoms with Gasteiger partial charge in [0.15, 0.2) is 0 Å². The molecular formula is C16H20N4OS. The van der Waals surface area contributed by atoms with Gasteiger partial charge in [-0.25, -0.2) is 4.98 Å². The second-order valence-corrected chi connectivity index (χ2v) is 6.56. The molecule has 0 unspecified atom stereocenters. The number of nitrogens with two attached hydrogens (primary N) is 1. The first kappa shape index (κ1) is 15.0. The van der Waals surface area contributed by atoms with E-state index in [2.05, 4.69) is 36.0 Å². The maximum atomic E-state index is 12.8. The summed E-state index contributed by atoms with van der Waals surface area (Å²) in [6.45, 7) is 3.86. The number of fused-ring (bicyclic) bond motifs is 1. The molecule has 1 aromatic heterocycles. The average molecular weight is 316 g/mol. The van der Waals surface area contributed by atoms with Crippen LogP contribution in [0.2, 0.25) is 0 Å². The second-order valence-electron chi connectivity index (χ2n) is 5.62. The molecule has 1 amide bonds. The van der Waals surface area contributed by atoms with E-state index in [0.29, 0.717) is 18.8 Å². The van der Waals surface area contributed by atoms with Crippen LogP contribution < -0.4 is 10.6 Å². The zero-order chi connectivity index (χ0) is 15.7. The molecule has 1 atom stereocenters. The van der Waals surface area contributed by atoms with Gasteiger partial charge in [-0.15, -0.1) is 11.3 Å². The molecule has 22 heavy (non-hydrogen) atoms. The highest BCUT2D eigenvalue weighted by Crippen LogP contribution is 2.27. The van der Waals surface area contributed by atoms with Crippen molar-refractivity contribution >= 4 is 22.9 Å². The van der Waals surface area contributed by atoms with E-state index in [4.69, 9.17) is 5.73 Å². The Bertz CT molecular complexity index is 684. The van der Waals surface area contributed by atoms with E-state index < -0.39 is 0 Å². The lowest BCUT2D eigenvalue weighted by atomic mass is 10.1. The molecule has 2 aromatic rings. The summed E-state index contributed by atoms with van der Waals surface area (Å²) < 4.78 is 0. The van der Waals surface area contributed by atoms with Crippen molar-refractivity contribution in [3.05, 3.63) is 45.9 Å². The molecule has 0 saturated heterocycles. The van der Waals surface area contributed by atoms with Gasteiger partial charge in [0.1, 0.15) is 10.7 Å². The van der Waals surface area contributed by atoms with Crippen molar-refractivity contribution in [3.63, 3.8) is 0 Å². The Balaban J connectivity index is 1.91. The van der Waals surface area contributed by atoms with Gasteiger partial charge in [0, 0.05) is 43.8 Å². The van der Waals surface area contributed by atoms with Crippen molar-refractivity contribution in [1.29, 1.82) is 0 Å². The van der Waals surface area contributed by atoms with Crippen LogP contribution in [-0.4, -0.2) is 35.4 Å². The summed E-state index contributed by atoms with van der Waals surface area (Å²) in [6, 6.07) is 8.35. The van der Waals surface area contributed by atoms with E-state index in [-0.39, 0.29) is 11.9 Å². The number of hydrogen-bond acceptors (Lipinski definition) is 5. The molecule has 0 radical (unpaired) electrons. The van der Waals surface area contributed by atoms with Gasteiger partial charge in [0.2, 0.25) is 0 Å². The van der Waals surface area contributed by atoms with Gasteiger partial charge in [-0.1, -0.05) is 18.2 Å². The topological polar surface area (TPSA) is 62.5 Å². The number of nitrogens with zero attached hydrogens (tertiary/aromatic N) is 3. The van der Waals surface area contributed by atoms with Crippen LogP contribution >= 0.6 is 11.3 Å². The normalized spacial score (nSPS) is 18.0. The van der Waals surface area contributed by atoms with Crippen LogP contribution in [0.5, 0.6) is 0 Å². The van der Waals surface area contributed by atoms with Crippen LogP contribution in [0.1, 0.15) is 28.0 Å². The zero-order valence-corrected chi connectivity index (χ0v) is 13.6. The van der Waals surface area contributed by atoms with Gasteiger partial charge in [0.05, 0.1) is 0 Å². The maximum Gasteiger partial charge on any atom is 0.273 e. The molecule has 116 valence electrons. The predicted octanol–water partition coefficient (Wildman–Crippen LogP) is 2.08. The van der Waals surface area contributed by atoms with E-state index in [1.165, 1.54) is 17.0 Å². The summed E-state index contributed by atoms with van der Waals surface area (Å²) in [5, 5.41) is 2.60. The van der Waals surface area contributed by atoms with Crippen LogP contribution in [0.4, 0.5) is 5.69 Å². The van der Waals surface area contributed by atoms with Gasteiger partial charge in [-0.05, 0) is 18.6 Å². The third-order valence-electron chi connectivity index (χ3n) is 4.02. The summed E-state index contributed by atoms with van der Waals surface area (Å²) >= 11 is 1.44. The highest BCUT2D eigenvalue weighted by Gasteiger charge is 2.28. The summed E-state index contributed by atoms with van der Waals surface area (Å²) in [7, 11) is 2.07. The minimum Gasteiger partial charge on any atom is -0.372 e. The van der Waals surface area contributed by atoms with Crippen LogP contribution in [0, 0.1) is 0 Å². The summed E-state index contributed by atoms with van der Waals surface area (Å²) in [5.41, 5.74) is 8.44. The molecule has 0 bridgehead atoms. The number of anilines is 1. The summed E-state index contributed by atoms with van der Waals surface area (Å²) in [4.78, 5) is 21.3. The van der Waals surface area contributed by atoms with Gasteiger partial charge in [0.25, 0.3) is 5.91 Å². The van der Waals surface area contributed by atoms with Crippen molar-refractivity contribution in [2.45, 2.75) is 26.1 Å². The lowest BCUT2D eigenvalue weighted by Crippen LogP contribution is -2.42. The number of hydrogen-bond donors (Lipinski definition) is 1. The van der Waals surface area contributed by atoms with Gasteiger partial charge in [-0.2, -0.15) is 0 Å². The molecule has 0 fully saturated rings. The molecule has 6 heteroatoms. The number of carbonyl (C=O) groups excluding carboxylic acids is 1. The fourth-order valence-corrected chi connectivity index (χ4v) is 3.52. The SMILES string of the molecule is C[C@H]1CN(C)c2ccccc2CN1C(=O)c1csc(CN)n1. The highest BCUT2D eigenvalue weighted by atomic mass is 32.1. The molecule has 1 aromatic carbocycles. The fourth-order valence-electron chi connectivity index (χ4n) is 2.87. The number of likely N-dealkylation sites (N-methyl/N-ethyl adjacent to an activating group) is 1. The molecule has 0 saturated carbocycles. The van der Waals surface area contributed by atoms with Crippen molar-refractivity contribution in [1.82, 2.24) is 9.88 Å². The lowest BCUT2D eigenvalue weighted by molar-refractivity contribution is 0.0682. The average Bonchev–Trinajstić information content (AvgIpc) is 2.96. The Hall–Kier alpha value is -1.92. The van der Waals surface area contributed by atoms with Crippen molar-refractivity contribution in [2.75, 3.05) is 18.5 Å². The lowest BCUT2D eigenvalue weighted by Gasteiger charge is -2.28. The monoisotopic (exact) mass is 316 g/mol. The molecule has 1 aliphatic rings. The third-order valence-corrected chi connectivity index (χ3v) is 4.89. The second kappa shape index (κ2) is 6.06. The van der Waals surface area contributed by atoms with Crippen LogP contribution in [0.15, 0.2) is 29.6 Å². The van der Waals surface area contributed by atoms with E-state index in [9.17, 15) is 4.79 Å². The molecular weight excluding hydrogens is 296 g/mol. The molecule has 1 aliphatic heterocycles. The van der Waals surface area contributed by atoms with Crippen LogP contribution in [0.3, 0.4) is 0 Å². The minimum absolute atomic E-state index is 0.0199. The number of aromatic nitrogens is 1. The largest absolute Gasteiger partial charge is 0.372 e. The quantitative estimate of drug-likeness (QED) is 0.921. The smallest absolute Gasteiger partial charge is 0.273 e.